The summed E-state index contributed by atoms with van der Waals surface area (Å²) in [5.41, 5.74) is 0.293. The molecule has 3 amide bonds. The molecule has 3 heterocycles. The molecule has 2 saturated heterocycles. The number of carbonyl (C=O) groups is 2. The Balaban J connectivity index is 1.64. The number of fused-ring (bicyclic) bond motifs is 1. The van der Waals surface area contributed by atoms with Crippen LogP contribution in [0.1, 0.15) is 12.8 Å². The lowest BCUT2D eigenvalue weighted by Gasteiger charge is -2.17. The van der Waals surface area contributed by atoms with Gasteiger partial charge in [-0.05, 0) is 31.0 Å². The van der Waals surface area contributed by atoms with Crippen LogP contribution in [0.25, 0.3) is 10.9 Å². The van der Waals surface area contributed by atoms with Crippen molar-refractivity contribution in [3.05, 3.63) is 33.6 Å². The minimum atomic E-state index is -0.388. The first kappa shape index (κ1) is 19.2. The fourth-order valence-corrected chi connectivity index (χ4v) is 4.40. The summed E-state index contributed by atoms with van der Waals surface area (Å²) in [6, 6.07) is 4.56. The van der Waals surface area contributed by atoms with Gasteiger partial charge in [0.05, 0.1) is 29.3 Å². The zero-order chi connectivity index (χ0) is 19.7. The third-order valence-corrected chi connectivity index (χ3v) is 5.97. The van der Waals surface area contributed by atoms with Gasteiger partial charge >= 0.3 is 6.03 Å². The number of imide groups is 1. The molecule has 0 aliphatic carbocycles. The van der Waals surface area contributed by atoms with Crippen molar-refractivity contribution in [2.45, 2.75) is 30.6 Å². The molecule has 1 unspecified atom stereocenters. The molecule has 0 saturated carbocycles. The number of hydrogen-bond donors (Lipinski definition) is 1. The van der Waals surface area contributed by atoms with Gasteiger partial charge in [-0.2, -0.15) is 0 Å². The van der Waals surface area contributed by atoms with Crippen molar-refractivity contribution >= 4 is 46.2 Å². The van der Waals surface area contributed by atoms with Gasteiger partial charge in [0.2, 0.25) is 5.91 Å². The van der Waals surface area contributed by atoms with Gasteiger partial charge in [-0.3, -0.25) is 19.1 Å². The molecule has 0 spiro atoms. The van der Waals surface area contributed by atoms with Crippen molar-refractivity contribution in [2.75, 3.05) is 25.4 Å². The normalized spacial score (nSPS) is 19.4. The molecule has 2 fully saturated rings. The SMILES string of the molecule is O=C(CSc1nc2cc(Cl)ccc2c(=O)n1CC1CCCO1)N1CCNC1=O. The molecular formula is C18H19ClN4O4S. The highest BCUT2D eigenvalue weighted by Crippen LogP contribution is 2.23. The average Bonchev–Trinajstić information content (AvgIpc) is 3.33. The van der Waals surface area contributed by atoms with E-state index in [0.717, 1.165) is 24.6 Å². The van der Waals surface area contributed by atoms with Gasteiger partial charge in [-0.1, -0.05) is 23.4 Å². The van der Waals surface area contributed by atoms with E-state index < -0.39 is 0 Å². The van der Waals surface area contributed by atoms with Crippen molar-refractivity contribution in [1.82, 2.24) is 19.8 Å². The number of nitrogens with zero attached hydrogens (tertiary/aromatic N) is 3. The molecule has 1 N–H and O–H groups in total. The zero-order valence-corrected chi connectivity index (χ0v) is 16.6. The number of benzene rings is 1. The van der Waals surface area contributed by atoms with Crippen LogP contribution >= 0.6 is 23.4 Å². The number of hydrogen-bond acceptors (Lipinski definition) is 6. The first-order valence-corrected chi connectivity index (χ1v) is 10.4. The Morgan fingerprint density at radius 3 is 2.96 bits per heavy atom. The molecule has 28 heavy (non-hydrogen) atoms. The minimum Gasteiger partial charge on any atom is -0.376 e. The van der Waals surface area contributed by atoms with Gasteiger partial charge in [-0.15, -0.1) is 0 Å². The van der Waals surface area contributed by atoms with E-state index in [9.17, 15) is 14.4 Å². The standard InChI is InChI=1S/C18H19ClN4O4S/c19-11-3-4-13-14(8-11)21-18(23(16(13)25)9-12-2-1-7-27-12)28-10-15(24)22-6-5-20-17(22)26/h3-4,8,12H,1-2,5-7,9-10H2,(H,20,26). The second-order valence-corrected chi connectivity index (χ2v) is 8.05. The molecule has 1 atom stereocenters. The molecule has 2 aliphatic heterocycles. The Hall–Kier alpha value is -2.10. The Morgan fingerprint density at radius 1 is 1.39 bits per heavy atom. The molecule has 10 heteroatoms. The Morgan fingerprint density at radius 2 is 2.25 bits per heavy atom. The van der Waals surface area contributed by atoms with Crippen LogP contribution in [0.2, 0.25) is 5.02 Å². The van der Waals surface area contributed by atoms with Gasteiger partial charge < -0.3 is 10.1 Å². The largest absolute Gasteiger partial charge is 0.376 e. The van der Waals surface area contributed by atoms with Crippen molar-refractivity contribution in [3.63, 3.8) is 0 Å². The van der Waals surface area contributed by atoms with Gasteiger partial charge in [0.25, 0.3) is 5.56 Å². The van der Waals surface area contributed by atoms with Crippen LogP contribution in [0.5, 0.6) is 0 Å². The summed E-state index contributed by atoms with van der Waals surface area (Å²) < 4.78 is 7.24. The number of carbonyl (C=O) groups excluding carboxylic acids is 2. The van der Waals surface area contributed by atoms with Crippen molar-refractivity contribution in [3.8, 4) is 0 Å². The highest BCUT2D eigenvalue weighted by molar-refractivity contribution is 7.99. The summed E-state index contributed by atoms with van der Waals surface area (Å²) >= 11 is 7.19. The minimum absolute atomic E-state index is 0.0114. The molecule has 0 bridgehead atoms. The molecule has 0 radical (unpaired) electrons. The lowest BCUT2D eigenvalue weighted by molar-refractivity contribution is -0.124. The summed E-state index contributed by atoms with van der Waals surface area (Å²) in [5, 5.41) is 3.98. The van der Waals surface area contributed by atoms with Gasteiger partial charge in [0, 0.05) is 24.7 Å². The quantitative estimate of drug-likeness (QED) is 0.584. The number of halogens is 1. The maximum Gasteiger partial charge on any atom is 0.324 e. The Labute approximate surface area is 170 Å². The van der Waals surface area contributed by atoms with Crippen LogP contribution in [-0.2, 0) is 16.1 Å². The third-order valence-electron chi connectivity index (χ3n) is 4.78. The lowest BCUT2D eigenvalue weighted by atomic mass is 10.2. The molecule has 2 aliphatic rings. The predicted molar refractivity (Wildman–Crippen MR) is 106 cm³/mol. The summed E-state index contributed by atoms with van der Waals surface area (Å²) in [4.78, 5) is 42.8. The maximum absolute atomic E-state index is 13.1. The van der Waals surface area contributed by atoms with E-state index in [2.05, 4.69) is 10.3 Å². The van der Waals surface area contributed by atoms with E-state index in [4.69, 9.17) is 16.3 Å². The second-order valence-electron chi connectivity index (χ2n) is 6.67. The molecule has 1 aromatic heterocycles. The van der Waals surface area contributed by atoms with E-state index in [0.29, 0.717) is 47.3 Å². The molecule has 8 nitrogen and oxygen atoms in total. The van der Waals surface area contributed by atoms with Crippen molar-refractivity contribution < 1.29 is 14.3 Å². The number of thioether (sulfide) groups is 1. The van der Waals surface area contributed by atoms with E-state index in [1.165, 1.54) is 4.90 Å². The van der Waals surface area contributed by atoms with Crippen LogP contribution in [0.3, 0.4) is 0 Å². The molecule has 148 valence electrons. The Kier molecular flexibility index (Phi) is 5.56. The summed E-state index contributed by atoms with van der Waals surface area (Å²) in [7, 11) is 0. The fourth-order valence-electron chi connectivity index (χ4n) is 3.35. The van der Waals surface area contributed by atoms with Crippen molar-refractivity contribution in [1.29, 1.82) is 0 Å². The van der Waals surface area contributed by atoms with Crippen molar-refractivity contribution in [2.24, 2.45) is 0 Å². The lowest BCUT2D eigenvalue weighted by Crippen LogP contribution is -2.35. The van der Waals surface area contributed by atoms with Gasteiger partial charge in [0.1, 0.15) is 0 Å². The molecule has 2 aromatic rings. The average molecular weight is 423 g/mol. The molecule has 1 aromatic carbocycles. The number of urea groups is 1. The predicted octanol–water partition coefficient (Wildman–Crippen LogP) is 1.87. The summed E-state index contributed by atoms with van der Waals surface area (Å²) in [5.74, 6) is -0.304. The van der Waals surface area contributed by atoms with Crippen LogP contribution < -0.4 is 10.9 Å². The van der Waals surface area contributed by atoms with E-state index in [1.807, 2.05) is 0 Å². The third kappa shape index (κ3) is 3.87. The smallest absolute Gasteiger partial charge is 0.324 e. The highest BCUT2D eigenvalue weighted by Gasteiger charge is 2.27. The fraction of sp³-hybridized carbons (Fsp3) is 0.444. The number of nitrogens with one attached hydrogen (secondary N) is 1. The van der Waals surface area contributed by atoms with Gasteiger partial charge in [0.15, 0.2) is 5.16 Å². The van der Waals surface area contributed by atoms with E-state index >= 15 is 0 Å². The van der Waals surface area contributed by atoms with E-state index in [-0.39, 0.29) is 29.4 Å². The van der Waals surface area contributed by atoms with Crippen LogP contribution in [-0.4, -0.2) is 57.9 Å². The van der Waals surface area contributed by atoms with Crippen LogP contribution in [0.4, 0.5) is 4.79 Å². The van der Waals surface area contributed by atoms with E-state index in [1.54, 1.807) is 22.8 Å². The number of ether oxygens (including phenoxy) is 1. The first-order valence-electron chi connectivity index (χ1n) is 9.05. The molecular weight excluding hydrogens is 404 g/mol. The zero-order valence-electron chi connectivity index (χ0n) is 15.0. The summed E-state index contributed by atoms with van der Waals surface area (Å²) in [6.45, 7) is 1.86. The number of rotatable bonds is 5. The summed E-state index contributed by atoms with van der Waals surface area (Å²) in [6.07, 6.45) is 1.78. The Bertz CT molecular complexity index is 989. The number of amides is 3. The van der Waals surface area contributed by atoms with Crippen LogP contribution in [0.15, 0.2) is 28.2 Å². The topological polar surface area (TPSA) is 93.5 Å². The number of aromatic nitrogens is 2. The first-order chi connectivity index (χ1) is 13.5. The second kappa shape index (κ2) is 8.10. The highest BCUT2D eigenvalue weighted by atomic mass is 35.5. The monoisotopic (exact) mass is 422 g/mol. The molecule has 4 rings (SSSR count). The van der Waals surface area contributed by atoms with Gasteiger partial charge in [-0.25, -0.2) is 9.78 Å². The maximum atomic E-state index is 13.1. The van der Waals surface area contributed by atoms with Crippen LogP contribution in [0, 0.1) is 0 Å².